The topological polar surface area (TPSA) is 23.8 Å². The van der Waals surface area contributed by atoms with Crippen LogP contribution in [0.5, 0.6) is 0 Å². The van der Waals surface area contributed by atoms with Crippen molar-refractivity contribution >= 4 is 97.4 Å². The number of nitrogens with one attached hydrogen (secondary N) is 1. The SMILES string of the molecule is [Cl][Ru+].[NH-]CC[PH+](c1ccccc1)c1ccccc1.c1ccc([PH+](c2ccccc2)c2ccc3ccccc3c2-c2c([PH+](c3ccccc3)c3ccccc3)ccc3ccccc23)cc1. The van der Waals surface area contributed by atoms with Crippen molar-refractivity contribution < 1.29 is 17.3 Å². The molecule has 10 aromatic rings. The van der Waals surface area contributed by atoms with Gasteiger partial charge in [-0.15, -0.1) is 6.54 Å². The van der Waals surface area contributed by atoms with Crippen LogP contribution in [0.1, 0.15) is 0 Å². The molecule has 10 rings (SSSR count). The van der Waals surface area contributed by atoms with E-state index in [2.05, 4.69) is 264 Å². The van der Waals surface area contributed by atoms with E-state index in [0.29, 0.717) is 6.54 Å². The number of halogens is 1. The molecule has 0 radical (unpaired) electrons. The van der Waals surface area contributed by atoms with Gasteiger partial charge in [0.1, 0.15) is 31.8 Å². The molecule has 0 aromatic heterocycles. The Hall–Kier alpha value is -5.12. The Bertz CT molecular complexity index is 2700. The summed E-state index contributed by atoms with van der Waals surface area (Å²) in [6.45, 7) is 0.512. The molecule has 0 spiro atoms. The second-order valence-corrected chi connectivity index (χ2v) is 22.8. The van der Waals surface area contributed by atoms with E-state index in [1.54, 1.807) is 0 Å². The summed E-state index contributed by atoms with van der Waals surface area (Å²) in [5.41, 5.74) is 10.2. The van der Waals surface area contributed by atoms with Crippen molar-refractivity contribution in [1.29, 1.82) is 0 Å². The van der Waals surface area contributed by atoms with Crippen LogP contribution in [0.4, 0.5) is 0 Å². The molecule has 64 heavy (non-hydrogen) atoms. The van der Waals surface area contributed by atoms with Gasteiger partial charge in [0.25, 0.3) is 0 Å². The molecule has 0 heterocycles. The van der Waals surface area contributed by atoms with Gasteiger partial charge in [-0.25, -0.2) is 0 Å². The van der Waals surface area contributed by atoms with E-state index in [0.717, 1.165) is 6.16 Å². The summed E-state index contributed by atoms with van der Waals surface area (Å²) >= 11 is 1.82. The molecule has 0 aliphatic carbocycles. The molecule has 0 saturated heterocycles. The van der Waals surface area contributed by atoms with Crippen molar-refractivity contribution in [3.8, 4) is 11.1 Å². The maximum absolute atomic E-state index is 7.46. The predicted molar refractivity (Wildman–Crippen MR) is 287 cm³/mol. The molecule has 10 aromatic carbocycles. The maximum atomic E-state index is 7.46. The Balaban J connectivity index is 0.000000261. The fraction of sp³-hybridized carbons (Fsp3) is 0.0345. The summed E-state index contributed by atoms with van der Waals surface area (Å²) in [6, 6.07) is 93.4. The molecular weight excluding hydrogens is 940 g/mol. The Kier molecular flexibility index (Phi) is 16.5. The Morgan fingerprint density at radius 1 is 0.312 bits per heavy atom. The first kappa shape index (κ1) is 45.5. The summed E-state index contributed by atoms with van der Waals surface area (Å²) in [5, 5.41) is 16.4. The van der Waals surface area contributed by atoms with Gasteiger partial charge in [-0.1, -0.05) is 170 Å². The second kappa shape index (κ2) is 23.2. The van der Waals surface area contributed by atoms with Crippen LogP contribution in [0.15, 0.2) is 255 Å². The molecule has 0 atom stereocenters. The zero-order valence-corrected chi connectivity index (χ0v) is 40.9. The van der Waals surface area contributed by atoms with E-state index < -0.39 is 23.8 Å². The summed E-state index contributed by atoms with van der Waals surface area (Å²) in [7, 11) is 1.09. The van der Waals surface area contributed by atoms with Gasteiger partial charge in [0.15, 0.2) is 0 Å². The van der Waals surface area contributed by atoms with Crippen LogP contribution in [0, 0.1) is 0 Å². The van der Waals surface area contributed by atoms with E-state index in [1.807, 2.05) is 17.3 Å². The van der Waals surface area contributed by atoms with Crippen molar-refractivity contribution in [3.63, 3.8) is 0 Å². The van der Waals surface area contributed by atoms with Crippen molar-refractivity contribution in [1.82, 2.24) is 0 Å². The molecule has 0 saturated carbocycles. The third kappa shape index (κ3) is 10.5. The molecule has 0 fully saturated rings. The van der Waals surface area contributed by atoms with E-state index in [1.165, 1.54) is 75.1 Å². The van der Waals surface area contributed by atoms with Crippen LogP contribution in [0.25, 0.3) is 38.4 Å². The zero-order chi connectivity index (χ0) is 43.9. The average Bonchev–Trinajstić information content (AvgIpc) is 3.38. The van der Waals surface area contributed by atoms with Crippen molar-refractivity contribution in [2.75, 3.05) is 12.7 Å². The van der Waals surface area contributed by atoms with Crippen LogP contribution >= 0.6 is 33.5 Å². The fourth-order valence-corrected chi connectivity index (χ4v) is 16.6. The van der Waals surface area contributed by atoms with Gasteiger partial charge < -0.3 is 5.73 Å². The van der Waals surface area contributed by atoms with Crippen LogP contribution in [-0.2, 0) is 17.3 Å². The van der Waals surface area contributed by atoms with E-state index in [-0.39, 0.29) is 0 Å². The Morgan fingerprint density at radius 3 is 0.875 bits per heavy atom. The van der Waals surface area contributed by atoms with Gasteiger partial charge in [-0.05, 0) is 106 Å². The van der Waals surface area contributed by atoms with E-state index in [9.17, 15) is 0 Å². The monoisotopic (exact) mass is 990 g/mol. The summed E-state index contributed by atoms with van der Waals surface area (Å²) in [5.74, 6) is 0. The molecule has 0 unspecified atom stereocenters. The molecule has 6 heteroatoms. The minimum absolute atomic E-state index is 0.512. The standard InChI is InChI=1S/C44H32P2.C14H15NP.ClH.Ru/c1-5-19-35(20-6-1)45(36-21-7-2-8-22-36)41-31-29-33-17-13-15-27-39(33)43(41)44-40-28-16-14-18-34(40)30-32-42(44)46(37-23-9-3-10-24-37)38-25-11-4-12-26-38;15-11-12-16(13-7-3-1-4-8-13)14-9-5-2-6-10-14;;/h1-32H;1-10,15H,11-12H2;1H;/q;-1;;+2/p+2. The molecule has 1 nitrogen and oxygen atoms in total. The molecular formula is C58H50ClNP3Ru+3. The van der Waals surface area contributed by atoms with Gasteiger partial charge in [-0.3, -0.25) is 0 Å². The third-order valence-corrected chi connectivity index (χ3v) is 19.9. The van der Waals surface area contributed by atoms with Gasteiger partial charge >= 0.3 is 27.0 Å². The number of hydrogen-bond acceptors (Lipinski definition) is 0. The van der Waals surface area contributed by atoms with Gasteiger partial charge in [0.05, 0.1) is 34.4 Å². The van der Waals surface area contributed by atoms with Crippen LogP contribution < -0.4 is 42.4 Å². The Labute approximate surface area is 396 Å². The molecule has 0 bridgehead atoms. The van der Waals surface area contributed by atoms with Gasteiger partial charge in [0, 0.05) is 17.3 Å². The van der Waals surface area contributed by atoms with Crippen molar-refractivity contribution in [2.24, 2.45) is 0 Å². The average molecular weight is 990 g/mol. The first-order valence-corrected chi connectivity index (χ1v) is 28.5. The Morgan fingerprint density at radius 2 is 0.578 bits per heavy atom. The minimum Gasteiger partial charge on any atom is -0.674 e. The number of fused-ring (bicyclic) bond motifs is 2. The number of benzene rings is 10. The largest absolute Gasteiger partial charge is 0.674 e. The normalized spacial score (nSPS) is 11.0. The zero-order valence-electron chi connectivity index (χ0n) is 35.4. The van der Waals surface area contributed by atoms with Gasteiger partial charge in [-0.2, -0.15) is 0 Å². The van der Waals surface area contributed by atoms with Crippen LogP contribution in [-0.4, -0.2) is 12.7 Å². The smallest absolute Gasteiger partial charge is 0.111 e. The van der Waals surface area contributed by atoms with E-state index in [4.69, 9.17) is 5.73 Å². The number of rotatable bonds is 11. The molecule has 1 N–H and O–H groups in total. The quantitative estimate of drug-likeness (QED) is 0.0911. The molecule has 314 valence electrons. The third-order valence-electron chi connectivity index (χ3n) is 11.5. The fourth-order valence-electron chi connectivity index (χ4n) is 8.73. The summed E-state index contributed by atoms with van der Waals surface area (Å²) < 4.78 is 0. The van der Waals surface area contributed by atoms with Crippen molar-refractivity contribution in [2.45, 2.75) is 0 Å². The second-order valence-electron chi connectivity index (χ2n) is 15.3. The molecule has 0 amide bonds. The first-order valence-electron chi connectivity index (χ1n) is 21.5. The maximum Gasteiger partial charge on any atom is 0.111 e. The van der Waals surface area contributed by atoms with Crippen LogP contribution in [0.3, 0.4) is 0 Å². The summed E-state index contributed by atoms with van der Waals surface area (Å²) in [4.78, 5) is 0. The summed E-state index contributed by atoms with van der Waals surface area (Å²) in [6.07, 6.45) is 0.985. The minimum atomic E-state index is -1.37. The number of hydrogen-bond donors (Lipinski definition) is 0. The van der Waals surface area contributed by atoms with E-state index >= 15 is 0 Å². The van der Waals surface area contributed by atoms with Crippen LogP contribution in [0.2, 0.25) is 0 Å². The van der Waals surface area contributed by atoms with Gasteiger partial charge in [0.2, 0.25) is 0 Å². The molecule has 0 aliphatic heterocycles. The molecule has 0 aliphatic rings. The predicted octanol–water partition coefficient (Wildman–Crippen LogP) is 12.2. The first-order chi connectivity index (χ1) is 31.8. The van der Waals surface area contributed by atoms with Crippen molar-refractivity contribution in [3.05, 3.63) is 261 Å².